The summed E-state index contributed by atoms with van der Waals surface area (Å²) in [6, 6.07) is 19.0. The van der Waals surface area contributed by atoms with Gasteiger partial charge in [0.15, 0.2) is 0 Å². The predicted molar refractivity (Wildman–Crippen MR) is 113 cm³/mol. The molecule has 0 aliphatic heterocycles. The maximum atomic E-state index is 12.4. The molecule has 0 fully saturated rings. The number of hydrogen-bond donors (Lipinski definition) is 1. The normalized spacial score (nSPS) is 10.7. The molecular weight excluding hydrogens is 380 g/mol. The number of amides is 1. The minimum absolute atomic E-state index is 0.0756. The van der Waals surface area contributed by atoms with Crippen molar-refractivity contribution in [2.75, 3.05) is 7.11 Å². The number of carbonyl (C=O) groups excluding carboxylic acids is 1. The molecule has 6 heteroatoms. The second kappa shape index (κ2) is 9.13. The Morgan fingerprint density at radius 3 is 2.83 bits per heavy atom. The van der Waals surface area contributed by atoms with Crippen LogP contribution in [-0.4, -0.2) is 18.0 Å². The van der Waals surface area contributed by atoms with E-state index in [0.29, 0.717) is 18.7 Å². The van der Waals surface area contributed by atoms with Gasteiger partial charge in [0.05, 0.1) is 25.5 Å². The largest absolute Gasteiger partial charge is 0.497 e. The summed E-state index contributed by atoms with van der Waals surface area (Å²) in [6.07, 6.45) is 3.61. The molecule has 6 nitrogen and oxygen atoms in total. The highest BCUT2D eigenvalue weighted by molar-refractivity contribution is 5.88. The number of methoxy groups -OCH3 is 1. The average Bonchev–Trinajstić information content (AvgIpc) is 3.19. The van der Waals surface area contributed by atoms with Crippen LogP contribution in [0.4, 0.5) is 0 Å². The van der Waals surface area contributed by atoms with Crippen LogP contribution in [-0.2, 0) is 24.4 Å². The van der Waals surface area contributed by atoms with E-state index in [4.69, 9.17) is 13.9 Å². The molecule has 152 valence electrons. The van der Waals surface area contributed by atoms with Crippen LogP contribution >= 0.6 is 0 Å². The molecule has 1 N–H and O–H groups in total. The molecule has 4 rings (SSSR count). The maximum Gasteiger partial charge on any atom is 0.224 e. The third-order valence-corrected chi connectivity index (χ3v) is 4.71. The van der Waals surface area contributed by atoms with Gasteiger partial charge in [-0.3, -0.25) is 9.78 Å². The molecule has 0 unspecified atom stereocenters. The number of furan rings is 1. The molecule has 2 aromatic carbocycles. The van der Waals surface area contributed by atoms with Crippen molar-refractivity contribution in [1.82, 2.24) is 10.3 Å². The number of carbonyl (C=O) groups is 1. The van der Waals surface area contributed by atoms with Gasteiger partial charge in [-0.25, -0.2) is 0 Å². The van der Waals surface area contributed by atoms with E-state index in [2.05, 4.69) is 10.3 Å². The van der Waals surface area contributed by atoms with Crippen molar-refractivity contribution < 1.29 is 18.7 Å². The zero-order valence-electron chi connectivity index (χ0n) is 16.6. The minimum Gasteiger partial charge on any atom is -0.497 e. The molecule has 30 heavy (non-hydrogen) atoms. The fourth-order valence-electron chi connectivity index (χ4n) is 3.15. The van der Waals surface area contributed by atoms with Crippen LogP contribution in [0.3, 0.4) is 0 Å². The zero-order chi connectivity index (χ0) is 20.8. The first-order valence-corrected chi connectivity index (χ1v) is 9.64. The van der Waals surface area contributed by atoms with Gasteiger partial charge in [0.2, 0.25) is 5.91 Å². The Labute approximate surface area is 174 Å². The van der Waals surface area contributed by atoms with E-state index in [-0.39, 0.29) is 12.3 Å². The first-order valence-electron chi connectivity index (χ1n) is 9.64. The Bertz CT molecular complexity index is 1140. The Morgan fingerprint density at radius 1 is 1.07 bits per heavy atom. The first-order chi connectivity index (χ1) is 14.7. The summed E-state index contributed by atoms with van der Waals surface area (Å²) in [5.74, 6) is 1.38. The van der Waals surface area contributed by atoms with Gasteiger partial charge in [-0.05, 0) is 42.0 Å². The molecule has 0 radical (unpaired) electrons. The lowest BCUT2D eigenvalue weighted by molar-refractivity contribution is -0.120. The summed E-state index contributed by atoms with van der Waals surface area (Å²) >= 11 is 0. The molecule has 0 saturated carbocycles. The summed E-state index contributed by atoms with van der Waals surface area (Å²) < 4.78 is 16.5. The fourth-order valence-corrected chi connectivity index (χ4v) is 3.15. The number of nitrogens with zero attached hydrogens (tertiary/aromatic N) is 1. The standard InChI is InChI=1S/C24H22N2O4/c1-28-20-8-9-22-18(15-30-23(22)13-20)12-24(27)26-14-17-5-4-7-21(11-17)29-16-19-6-2-3-10-25-19/h2-11,13,15H,12,14,16H2,1H3,(H,26,27). The molecule has 2 aromatic heterocycles. The van der Waals surface area contributed by atoms with Gasteiger partial charge < -0.3 is 19.2 Å². The van der Waals surface area contributed by atoms with E-state index in [1.54, 1.807) is 19.6 Å². The lowest BCUT2D eigenvalue weighted by atomic mass is 10.1. The van der Waals surface area contributed by atoms with Gasteiger partial charge in [-0.2, -0.15) is 0 Å². The van der Waals surface area contributed by atoms with Crippen LogP contribution in [0.1, 0.15) is 16.8 Å². The second-order valence-corrected chi connectivity index (χ2v) is 6.83. The molecule has 0 atom stereocenters. The first kappa shape index (κ1) is 19.5. The molecule has 1 amide bonds. The van der Waals surface area contributed by atoms with E-state index in [1.165, 1.54) is 0 Å². The lowest BCUT2D eigenvalue weighted by Gasteiger charge is -2.09. The highest BCUT2D eigenvalue weighted by atomic mass is 16.5. The van der Waals surface area contributed by atoms with Gasteiger partial charge in [-0.1, -0.05) is 18.2 Å². The zero-order valence-corrected chi connectivity index (χ0v) is 16.6. The maximum absolute atomic E-state index is 12.4. The topological polar surface area (TPSA) is 73.6 Å². The van der Waals surface area contributed by atoms with E-state index < -0.39 is 0 Å². The van der Waals surface area contributed by atoms with Crippen LogP contribution in [0.2, 0.25) is 0 Å². The van der Waals surface area contributed by atoms with Crippen molar-refractivity contribution in [3.63, 3.8) is 0 Å². The van der Waals surface area contributed by atoms with E-state index >= 15 is 0 Å². The Kier molecular flexibility index (Phi) is 5.94. The number of nitrogens with one attached hydrogen (secondary N) is 1. The smallest absolute Gasteiger partial charge is 0.224 e. The van der Waals surface area contributed by atoms with Crippen molar-refractivity contribution in [1.29, 1.82) is 0 Å². The monoisotopic (exact) mass is 402 g/mol. The summed E-state index contributed by atoms with van der Waals surface area (Å²) in [7, 11) is 1.61. The highest BCUT2D eigenvalue weighted by Gasteiger charge is 2.11. The van der Waals surface area contributed by atoms with Crippen LogP contribution < -0.4 is 14.8 Å². The number of rotatable bonds is 8. The molecule has 0 bridgehead atoms. The molecule has 0 aliphatic carbocycles. The molecule has 0 aliphatic rings. The molecule has 2 heterocycles. The van der Waals surface area contributed by atoms with E-state index in [0.717, 1.165) is 33.7 Å². The van der Waals surface area contributed by atoms with Gasteiger partial charge in [0.1, 0.15) is 23.7 Å². The van der Waals surface area contributed by atoms with Crippen LogP contribution in [0, 0.1) is 0 Å². The third kappa shape index (κ3) is 4.78. The van der Waals surface area contributed by atoms with Gasteiger partial charge >= 0.3 is 0 Å². The molecular formula is C24H22N2O4. The quantitative estimate of drug-likeness (QED) is 0.476. The van der Waals surface area contributed by atoms with E-state index in [1.807, 2.05) is 60.7 Å². The Hall–Kier alpha value is -3.80. The average molecular weight is 402 g/mol. The molecule has 0 saturated heterocycles. The number of ether oxygens (including phenoxy) is 2. The van der Waals surface area contributed by atoms with Gasteiger partial charge in [0.25, 0.3) is 0 Å². The van der Waals surface area contributed by atoms with Crippen molar-refractivity contribution in [3.05, 3.63) is 89.9 Å². The predicted octanol–water partition coefficient (Wildman–Crippen LogP) is 4.27. The van der Waals surface area contributed by atoms with Crippen molar-refractivity contribution >= 4 is 16.9 Å². The molecule has 0 spiro atoms. The number of hydrogen-bond acceptors (Lipinski definition) is 5. The number of aromatic nitrogens is 1. The lowest BCUT2D eigenvalue weighted by Crippen LogP contribution is -2.24. The second-order valence-electron chi connectivity index (χ2n) is 6.83. The summed E-state index contributed by atoms with van der Waals surface area (Å²) in [4.78, 5) is 16.7. The van der Waals surface area contributed by atoms with Gasteiger partial charge in [-0.15, -0.1) is 0 Å². The Balaban J connectivity index is 1.33. The van der Waals surface area contributed by atoms with Crippen LogP contribution in [0.15, 0.2) is 77.5 Å². The summed E-state index contributed by atoms with van der Waals surface area (Å²) in [5, 5.41) is 3.87. The summed E-state index contributed by atoms with van der Waals surface area (Å²) in [5.41, 5.74) is 3.37. The molecule has 4 aromatic rings. The van der Waals surface area contributed by atoms with Crippen LogP contribution in [0.5, 0.6) is 11.5 Å². The van der Waals surface area contributed by atoms with Gasteiger partial charge in [0, 0.05) is 29.8 Å². The van der Waals surface area contributed by atoms with Crippen molar-refractivity contribution in [3.8, 4) is 11.5 Å². The van der Waals surface area contributed by atoms with Crippen molar-refractivity contribution in [2.45, 2.75) is 19.6 Å². The number of benzene rings is 2. The number of fused-ring (bicyclic) bond motifs is 1. The SMILES string of the molecule is COc1ccc2c(CC(=O)NCc3cccc(OCc4ccccn4)c3)coc2c1. The fraction of sp³-hybridized carbons (Fsp3) is 0.167. The van der Waals surface area contributed by atoms with E-state index in [9.17, 15) is 4.79 Å². The highest BCUT2D eigenvalue weighted by Crippen LogP contribution is 2.26. The minimum atomic E-state index is -0.0756. The summed E-state index contributed by atoms with van der Waals surface area (Å²) in [6.45, 7) is 0.818. The number of pyridine rings is 1. The van der Waals surface area contributed by atoms with Crippen molar-refractivity contribution in [2.24, 2.45) is 0 Å². The Morgan fingerprint density at radius 2 is 2.00 bits per heavy atom. The third-order valence-electron chi connectivity index (χ3n) is 4.71. The van der Waals surface area contributed by atoms with Crippen LogP contribution in [0.25, 0.3) is 11.0 Å².